The molecule has 134 valence electrons. The zero-order valence-electron chi connectivity index (χ0n) is 14.0. The Morgan fingerprint density at radius 1 is 1.00 bits per heavy atom. The summed E-state index contributed by atoms with van der Waals surface area (Å²) in [7, 11) is 3.31. The second-order valence-corrected chi connectivity index (χ2v) is 6.24. The Labute approximate surface area is 153 Å². The number of halogens is 3. The van der Waals surface area contributed by atoms with Gasteiger partial charge in [-0.05, 0) is 36.0 Å². The summed E-state index contributed by atoms with van der Waals surface area (Å²) in [6.07, 6.45) is -2.84. The number of alkyl halides is 3. The Hall–Kier alpha value is -2.74. The molecule has 0 aliphatic heterocycles. The summed E-state index contributed by atoms with van der Waals surface area (Å²) < 4.78 is 39.9. The molecular weight excluding hydrogens is 361 g/mol. The van der Waals surface area contributed by atoms with Crippen molar-refractivity contribution in [1.82, 2.24) is 15.0 Å². The minimum Gasteiger partial charge on any atom is -0.363 e. The third-order valence-corrected chi connectivity index (χ3v) is 3.97. The van der Waals surface area contributed by atoms with Crippen LogP contribution in [0.5, 0.6) is 0 Å². The third-order valence-electron chi connectivity index (χ3n) is 3.76. The first-order valence-corrected chi connectivity index (χ1v) is 8.07. The molecule has 0 amide bonds. The Bertz CT molecular complexity index is 979. The number of pyridine rings is 1. The van der Waals surface area contributed by atoms with E-state index in [0.29, 0.717) is 10.3 Å². The van der Waals surface area contributed by atoms with Crippen LogP contribution in [0.1, 0.15) is 5.56 Å². The molecule has 0 unspecified atom stereocenters. The molecule has 0 aliphatic carbocycles. The molecule has 3 rings (SSSR count). The monoisotopic (exact) mass is 376 g/mol. The van der Waals surface area contributed by atoms with Crippen molar-refractivity contribution in [3.05, 3.63) is 59.0 Å². The van der Waals surface area contributed by atoms with Gasteiger partial charge in [0.15, 0.2) is 4.77 Å². The number of hydrogen-bond donors (Lipinski definition) is 1. The van der Waals surface area contributed by atoms with Crippen LogP contribution in [0, 0.1) is 4.77 Å². The lowest BCUT2D eigenvalue weighted by Gasteiger charge is -2.16. The maximum atomic E-state index is 13.2. The Balaban J connectivity index is 2.03. The summed E-state index contributed by atoms with van der Waals surface area (Å²) in [4.78, 5) is 12.8. The Morgan fingerprint density at radius 3 is 2.23 bits per heavy atom. The van der Waals surface area contributed by atoms with Gasteiger partial charge in [0.1, 0.15) is 5.82 Å². The number of nitrogens with one attached hydrogen (secondary N) is 1. The van der Waals surface area contributed by atoms with Gasteiger partial charge in [-0.1, -0.05) is 24.3 Å². The molecule has 0 bridgehead atoms. The molecule has 2 aromatic heterocycles. The van der Waals surface area contributed by atoms with Crippen LogP contribution in [0.25, 0.3) is 22.5 Å². The summed E-state index contributed by atoms with van der Waals surface area (Å²) in [6.45, 7) is 0. The zero-order valence-corrected chi connectivity index (χ0v) is 14.8. The van der Waals surface area contributed by atoms with Crippen molar-refractivity contribution >= 4 is 18.0 Å². The van der Waals surface area contributed by atoms with Crippen LogP contribution in [0.4, 0.5) is 19.0 Å². The molecule has 2 heterocycles. The van der Waals surface area contributed by atoms with E-state index >= 15 is 0 Å². The second-order valence-electron chi connectivity index (χ2n) is 5.86. The lowest BCUT2D eigenvalue weighted by molar-refractivity contribution is -0.137. The fourth-order valence-electron chi connectivity index (χ4n) is 2.41. The summed E-state index contributed by atoms with van der Waals surface area (Å²) >= 11 is 5.00. The number of nitrogens with zero attached hydrogens (tertiary/aromatic N) is 3. The van der Waals surface area contributed by atoms with E-state index in [4.69, 9.17) is 12.2 Å². The van der Waals surface area contributed by atoms with E-state index in [-0.39, 0.29) is 11.5 Å². The van der Waals surface area contributed by atoms with Gasteiger partial charge in [0.05, 0.1) is 11.3 Å². The van der Waals surface area contributed by atoms with Crippen molar-refractivity contribution in [3.8, 4) is 22.5 Å². The first kappa shape index (κ1) is 18.1. The quantitative estimate of drug-likeness (QED) is 0.657. The highest BCUT2D eigenvalue weighted by Crippen LogP contribution is 2.34. The summed E-state index contributed by atoms with van der Waals surface area (Å²) in [5, 5.41) is 0. The average molecular weight is 376 g/mol. The lowest BCUT2D eigenvalue weighted by Crippen LogP contribution is -2.14. The number of rotatable bonds is 3. The third kappa shape index (κ3) is 3.91. The highest BCUT2D eigenvalue weighted by Gasteiger charge is 2.32. The standard InChI is InChI=1S/C18H15F3N4S/c1-25(2)16-10-13(18(19,20)21)9-15(23-16)12-5-3-11(4-6-12)14-7-8-22-17(26)24-14/h3-10H,1-2H3,(H,22,24,26). The highest BCUT2D eigenvalue weighted by atomic mass is 32.1. The van der Waals surface area contributed by atoms with E-state index in [0.717, 1.165) is 23.4 Å². The van der Waals surface area contributed by atoms with Gasteiger partial charge in [-0.3, -0.25) is 0 Å². The topological polar surface area (TPSA) is 44.8 Å². The van der Waals surface area contributed by atoms with E-state index in [1.54, 1.807) is 55.5 Å². The van der Waals surface area contributed by atoms with Gasteiger partial charge < -0.3 is 9.88 Å². The first-order valence-electron chi connectivity index (χ1n) is 7.67. The van der Waals surface area contributed by atoms with Crippen LogP contribution in [0.15, 0.2) is 48.7 Å². The molecule has 3 aromatic rings. The van der Waals surface area contributed by atoms with Crippen molar-refractivity contribution < 1.29 is 13.2 Å². The average Bonchev–Trinajstić information content (AvgIpc) is 2.61. The number of aromatic nitrogens is 3. The molecule has 1 aromatic carbocycles. The largest absolute Gasteiger partial charge is 0.416 e. The predicted molar refractivity (Wildman–Crippen MR) is 97.4 cm³/mol. The smallest absolute Gasteiger partial charge is 0.363 e. The van der Waals surface area contributed by atoms with Crippen LogP contribution in [-0.2, 0) is 6.18 Å². The van der Waals surface area contributed by atoms with Crippen LogP contribution < -0.4 is 4.90 Å². The van der Waals surface area contributed by atoms with E-state index < -0.39 is 11.7 Å². The SMILES string of the molecule is CN(C)c1cc(C(F)(F)F)cc(-c2ccc(-c3ccnc(=S)[nH]3)cc2)n1. The van der Waals surface area contributed by atoms with Crippen molar-refractivity contribution in [2.75, 3.05) is 19.0 Å². The molecule has 0 radical (unpaired) electrons. The summed E-state index contributed by atoms with van der Waals surface area (Å²) in [6, 6.07) is 10.9. The van der Waals surface area contributed by atoms with Crippen LogP contribution >= 0.6 is 12.2 Å². The van der Waals surface area contributed by atoms with Crippen LogP contribution in [0.2, 0.25) is 0 Å². The normalized spacial score (nSPS) is 11.4. The highest BCUT2D eigenvalue weighted by molar-refractivity contribution is 7.71. The Kier molecular flexibility index (Phi) is 4.78. The van der Waals surface area contributed by atoms with Crippen LogP contribution in [0.3, 0.4) is 0 Å². The van der Waals surface area contributed by atoms with Gasteiger partial charge in [-0.25, -0.2) is 9.97 Å². The van der Waals surface area contributed by atoms with Gasteiger partial charge in [0.25, 0.3) is 0 Å². The number of hydrogen-bond acceptors (Lipinski definition) is 4. The molecule has 0 saturated heterocycles. The van der Waals surface area contributed by atoms with E-state index in [2.05, 4.69) is 15.0 Å². The number of anilines is 1. The molecule has 1 N–H and O–H groups in total. The molecule has 0 aliphatic rings. The van der Waals surface area contributed by atoms with Gasteiger partial charge in [-0.2, -0.15) is 13.2 Å². The molecule has 0 saturated carbocycles. The summed E-state index contributed by atoms with van der Waals surface area (Å²) in [5.41, 5.74) is 1.76. The molecule has 8 heteroatoms. The molecular formula is C18H15F3N4S. The van der Waals surface area contributed by atoms with E-state index in [1.165, 1.54) is 0 Å². The number of benzene rings is 1. The van der Waals surface area contributed by atoms with Gasteiger partial charge in [0, 0.05) is 31.5 Å². The minimum atomic E-state index is -4.44. The fraction of sp³-hybridized carbons (Fsp3) is 0.167. The van der Waals surface area contributed by atoms with Gasteiger partial charge >= 0.3 is 6.18 Å². The minimum absolute atomic E-state index is 0.247. The number of H-pyrrole nitrogens is 1. The molecule has 4 nitrogen and oxygen atoms in total. The first-order chi connectivity index (χ1) is 12.2. The van der Waals surface area contributed by atoms with Crippen molar-refractivity contribution in [2.24, 2.45) is 0 Å². The van der Waals surface area contributed by atoms with E-state index in [1.807, 2.05) is 0 Å². The summed E-state index contributed by atoms with van der Waals surface area (Å²) in [5.74, 6) is 0.247. The van der Waals surface area contributed by atoms with Crippen LogP contribution in [-0.4, -0.2) is 29.0 Å². The van der Waals surface area contributed by atoms with E-state index in [9.17, 15) is 13.2 Å². The van der Waals surface area contributed by atoms with Crippen molar-refractivity contribution in [2.45, 2.75) is 6.18 Å². The fourth-order valence-corrected chi connectivity index (χ4v) is 2.59. The van der Waals surface area contributed by atoms with Crippen molar-refractivity contribution in [1.29, 1.82) is 0 Å². The zero-order chi connectivity index (χ0) is 18.9. The molecule has 26 heavy (non-hydrogen) atoms. The predicted octanol–water partition coefficient (Wildman–Crippen LogP) is 4.95. The van der Waals surface area contributed by atoms with Crippen molar-refractivity contribution in [3.63, 3.8) is 0 Å². The maximum absolute atomic E-state index is 13.2. The Morgan fingerprint density at radius 2 is 1.65 bits per heavy atom. The van der Waals surface area contributed by atoms with Gasteiger partial charge in [0.2, 0.25) is 0 Å². The lowest BCUT2D eigenvalue weighted by atomic mass is 10.0. The molecule has 0 atom stereocenters. The maximum Gasteiger partial charge on any atom is 0.416 e. The molecule has 0 fully saturated rings. The number of aromatic amines is 1. The second kappa shape index (κ2) is 6.87. The molecule has 0 spiro atoms. The van der Waals surface area contributed by atoms with Gasteiger partial charge in [-0.15, -0.1) is 0 Å².